The third kappa shape index (κ3) is 3.83. The van der Waals surface area contributed by atoms with Crippen LogP contribution in [0, 0.1) is 13.8 Å². The standard InChI is InChI=1S/C27H33N3O2/c1-19-16-23-24(17-20(19)2)27(32)30(22-10-4-3-5-11-22)25(23)18-26(31)29-14-12-28(13-15-29)21-8-6-7-9-21/h3-5,10-11,16-17,21,25H,6-9,12-15,18H2,1-2H3. The fraction of sp³-hybridized carbons (Fsp3) is 0.481. The first-order chi connectivity index (χ1) is 15.5. The summed E-state index contributed by atoms with van der Waals surface area (Å²) in [4.78, 5) is 33.2. The molecule has 2 aromatic carbocycles. The van der Waals surface area contributed by atoms with E-state index in [1.807, 2.05) is 53.1 Å². The summed E-state index contributed by atoms with van der Waals surface area (Å²) in [6.07, 6.45) is 5.62. The zero-order chi connectivity index (χ0) is 22.2. The Labute approximate surface area is 191 Å². The molecule has 32 heavy (non-hydrogen) atoms. The quantitative estimate of drug-likeness (QED) is 0.717. The van der Waals surface area contributed by atoms with Gasteiger partial charge in [-0.25, -0.2) is 0 Å². The second-order valence-electron chi connectivity index (χ2n) is 9.61. The normalized spacial score (nSPS) is 21.9. The molecule has 2 aromatic rings. The molecule has 5 heteroatoms. The van der Waals surface area contributed by atoms with Gasteiger partial charge in [-0.2, -0.15) is 0 Å². The minimum atomic E-state index is -0.250. The van der Waals surface area contributed by atoms with Crippen molar-refractivity contribution in [2.45, 2.75) is 58.0 Å². The van der Waals surface area contributed by atoms with E-state index in [0.717, 1.165) is 54.1 Å². The van der Waals surface area contributed by atoms with Gasteiger partial charge in [-0.3, -0.25) is 14.5 Å². The molecule has 5 nitrogen and oxygen atoms in total. The van der Waals surface area contributed by atoms with Gasteiger partial charge in [0.25, 0.3) is 5.91 Å². The number of fused-ring (bicyclic) bond motifs is 1. The molecule has 0 spiro atoms. The maximum Gasteiger partial charge on any atom is 0.259 e. The van der Waals surface area contributed by atoms with Crippen LogP contribution in [0.15, 0.2) is 42.5 Å². The van der Waals surface area contributed by atoms with Gasteiger partial charge in [0.05, 0.1) is 12.5 Å². The van der Waals surface area contributed by atoms with Crippen molar-refractivity contribution in [3.63, 3.8) is 0 Å². The molecule has 1 atom stereocenters. The molecule has 0 aromatic heterocycles. The van der Waals surface area contributed by atoms with Crippen LogP contribution in [0.25, 0.3) is 0 Å². The molecule has 0 radical (unpaired) electrons. The summed E-state index contributed by atoms with van der Waals surface area (Å²) in [6, 6.07) is 14.3. The highest BCUT2D eigenvalue weighted by atomic mass is 16.2. The molecule has 1 saturated carbocycles. The fourth-order valence-corrected chi connectivity index (χ4v) is 5.70. The molecule has 0 bridgehead atoms. The minimum absolute atomic E-state index is 0.00171. The number of carbonyl (C=O) groups is 2. The number of hydrogen-bond acceptors (Lipinski definition) is 3. The molecule has 1 unspecified atom stereocenters. The molecule has 2 fully saturated rings. The number of hydrogen-bond donors (Lipinski definition) is 0. The highest BCUT2D eigenvalue weighted by Crippen LogP contribution is 2.41. The second kappa shape index (κ2) is 8.70. The van der Waals surface area contributed by atoms with Gasteiger partial charge < -0.3 is 9.80 Å². The molecule has 2 aliphatic heterocycles. The number of aryl methyl sites for hydroxylation is 2. The molecule has 2 amide bonds. The van der Waals surface area contributed by atoms with E-state index < -0.39 is 0 Å². The van der Waals surface area contributed by atoms with E-state index in [1.165, 1.54) is 25.7 Å². The largest absolute Gasteiger partial charge is 0.340 e. The van der Waals surface area contributed by atoms with Gasteiger partial charge in [0, 0.05) is 43.5 Å². The van der Waals surface area contributed by atoms with Gasteiger partial charge >= 0.3 is 0 Å². The molecule has 168 valence electrons. The number of para-hydroxylation sites is 1. The third-order valence-electron chi connectivity index (χ3n) is 7.70. The molecule has 1 aliphatic carbocycles. The highest BCUT2D eigenvalue weighted by molar-refractivity contribution is 6.11. The van der Waals surface area contributed by atoms with Crippen molar-refractivity contribution in [3.05, 3.63) is 64.7 Å². The highest BCUT2D eigenvalue weighted by Gasteiger charge is 2.40. The Kier molecular flexibility index (Phi) is 5.76. The number of carbonyl (C=O) groups excluding carboxylic acids is 2. The Morgan fingerprint density at radius 1 is 0.938 bits per heavy atom. The summed E-state index contributed by atoms with van der Waals surface area (Å²) in [7, 11) is 0. The number of nitrogens with zero attached hydrogens (tertiary/aromatic N) is 3. The average Bonchev–Trinajstić information content (AvgIpc) is 3.43. The zero-order valence-corrected chi connectivity index (χ0v) is 19.2. The van der Waals surface area contributed by atoms with E-state index in [9.17, 15) is 9.59 Å². The number of anilines is 1. The summed E-state index contributed by atoms with van der Waals surface area (Å²) in [5, 5.41) is 0. The third-order valence-corrected chi connectivity index (χ3v) is 7.70. The lowest BCUT2D eigenvalue weighted by atomic mass is 9.96. The first-order valence-electron chi connectivity index (χ1n) is 12.0. The van der Waals surface area contributed by atoms with E-state index in [1.54, 1.807) is 0 Å². The summed E-state index contributed by atoms with van der Waals surface area (Å²) in [5.41, 5.74) is 4.85. The number of amides is 2. The Morgan fingerprint density at radius 3 is 2.28 bits per heavy atom. The molecular formula is C27H33N3O2. The summed E-state index contributed by atoms with van der Waals surface area (Å²) in [5.74, 6) is 0.152. The van der Waals surface area contributed by atoms with Gasteiger partial charge in [0.2, 0.25) is 5.91 Å². The van der Waals surface area contributed by atoms with Gasteiger partial charge in [-0.15, -0.1) is 0 Å². The van der Waals surface area contributed by atoms with Crippen LogP contribution >= 0.6 is 0 Å². The molecule has 5 rings (SSSR count). The van der Waals surface area contributed by atoms with Crippen molar-refractivity contribution in [1.82, 2.24) is 9.80 Å². The van der Waals surface area contributed by atoms with Crippen molar-refractivity contribution >= 4 is 17.5 Å². The SMILES string of the molecule is Cc1cc2c(cc1C)C(CC(=O)N1CCN(C3CCCC3)CC1)N(c1ccccc1)C2=O. The van der Waals surface area contributed by atoms with Crippen LogP contribution in [0.3, 0.4) is 0 Å². The van der Waals surface area contributed by atoms with Crippen molar-refractivity contribution in [1.29, 1.82) is 0 Å². The lowest BCUT2D eigenvalue weighted by Crippen LogP contribution is -2.51. The molecule has 1 saturated heterocycles. The van der Waals surface area contributed by atoms with Crippen LogP contribution in [0.2, 0.25) is 0 Å². The van der Waals surface area contributed by atoms with Crippen molar-refractivity contribution in [3.8, 4) is 0 Å². The lowest BCUT2D eigenvalue weighted by Gasteiger charge is -2.38. The predicted molar refractivity (Wildman–Crippen MR) is 127 cm³/mol. The van der Waals surface area contributed by atoms with Crippen LogP contribution in [0.1, 0.15) is 65.2 Å². The average molecular weight is 432 g/mol. The van der Waals surface area contributed by atoms with Gasteiger partial charge in [-0.1, -0.05) is 37.1 Å². The zero-order valence-electron chi connectivity index (χ0n) is 19.2. The minimum Gasteiger partial charge on any atom is -0.340 e. The van der Waals surface area contributed by atoms with Gasteiger partial charge in [0.1, 0.15) is 0 Å². The molecular weight excluding hydrogens is 398 g/mol. The van der Waals surface area contributed by atoms with Gasteiger partial charge in [-0.05, 0) is 61.6 Å². The van der Waals surface area contributed by atoms with Crippen LogP contribution in [-0.2, 0) is 4.79 Å². The van der Waals surface area contributed by atoms with E-state index in [4.69, 9.17) is 0 Å². The maximum atomic E-state index is 13.4. The monoisotopic (exact) mass is 431 g/mol. The number of piperazine rings is 1. The summed E-state index contributed by atoms with van der Waals surface area (Å²) >= 11 is 0. The molecule has 3 aliphatic rings. The first-order valence-corrected chi connectivity index (χ1v) is 12.0. The number of rotatable bonds is 4. The lowest BCUT2D eigenvalue weighted by molar-refractivity contribution is -0.133. The summed E-state index contributed by atoms with van der Waals surface area (Å²) < 4.78 is 0. The Morgan fingerprint density at radius 2 is 1.59 bits per heavy atom. The fourth-order valence-electron chi connectivity index (χ4n) is 5.70. The predicted octanol–water partition coefficient (Wildman–Crippen LogP) is 4.48. The van der Waals surface area contributed by atoms with Crippen LogP contribution in [0.5, 0.6) is 0 Å². The Hall–Kier alpha value is -2.66. The maximum absolute atomic E-state index is 13.4. The summed E-state index contributed by atoms with van der Waals surface area (Å²) in [6.45, 7) is 7.64. The van der Waals surface area contributed by atoms with Crippen molar-refractivity contribution in [2.24, 2.45) is 0 Å². The van der Waals surface area contributed by atoms with Crippen molar-refractivity contribution in [2.75, 3.05) is 31.1 Å². The Balaban J connectivity index is 1.36. The van der Waals surface area contributed by atoms with Gasteiger partial charge in [0.15, 0.2) is 0 Å². The smallest absolute Gasteiger partial charge is 0.259 e. The number of benzene rings is 2. The van der Waals surface area contributed by atoms with E-state index >= 15 is 0 Å². The molecule has 0 N–H and O–H groups in total. The van der Waals surface area contributed by atoms with Crippen LogP contribution in [0.4, 0.5) is 5.69 Å². The topological polar surface area (TPSA) is 43.9 Å². The van der Waals surface area contributed by atoms with E-state index in [-0.39, 0.29) is 17.9 Å². The van der Waals surface area contributed by atoms with E-state index in [2.05, 4.69) is 17.9 Å². The second-order valence-corrected chi connectivity index (χ2v) is 9.61. The molecule has 2 heterocycles. The van der Waals surface area contributed by atoms with Crippen molar-refractivity contribution < 1.29 is 9.59 Å². The van der Waals surface area contributed by atoms with E-state index in [0.29, 0.717) is 12.5 Å². The van der Waals surface area contributed by atoms with Crippen LogP contribution in [-0.4, -0.2) is 53.8 Å². The first kappa shape index (κ1) is 21.2. The van der Waals surface area contributed by atoms with Crippen LogP contribution < -0.4 is 4.90 Å². The Bertz CT molecular complexity index is 1010.